The third-order valence-corrected chi connectivity index (χ3v) is 3.86. The highest BCUT2D eigenvalue weighted by atomic mass is 16.5. The molecule has 1 N–H and O–H groups in total. The minimum atomic E-state index is 0.356. The molecule has 5 nitrogen and oxygen atoms in total. The second kappa shape index (κ2) is 5.40. The number of nitrogens with zero attached hydrogens (tertiary/aromatic N) is 3. The number of aromatic nitrogens is 3. The summed E-state index contributed by atoms with van der Waals surface area (Å²) in [7, 11) is 2.00. The summed E-state index contributed by atoms with van der Waals surface area (Å²) in [5, 5.41) is 4.54. The van der Waals surface area contributed by atoms with Gasteiger partial charge in [0.1, 0.15) is 12.3 Å². The van der Waals surface area contributed by atoms with Crippen molar-refractivity contribution in [2.24, 2.45) is 7.05 Å². The standard InChI is InChI=1S/C15H22N4O/c1-10(2)13-12-6-8-19(3)14(12)18-15(17-13)20-9-11-5-4-7-16-11/h6,8,10-11,16H,4-5,7,9H2,1-3H3. The lowest BCUT2D eigenvalue weighted by molar-refractivity contribution is 0.257. The molecule has 3 heterocycles. The van der Waals surface area contributed by atoms with Gasteiger partial charge in [0.2, 0.25) is 0 Å². The Labute approximate surface area is 119 Å². The molecule has 108 valence electrons. The molecule has 20 heavy (non-hydrogen) atoms. The van der Waals surface area contributed by atoms with E-state index in [2.05, 4.69) is 35.2 Å². The number of hydrogen-bond donors (Lipinski definition) is 1. The summed E-state index contributed by atoms with van der Waals surface area (Å²) in [6, 6.07) is 3.01. The Morgan fingerprint density at radius 3 is 3.00 bits per heavy atom. The van der Waals surface area contributed by atoms with Gasteiger partial charge in [0.25, 0.3) is 0 Å². The Hall–Kier alpha value is -1.62. The number of fused-ring (bicyclic) bond motifs is 1. The third kappa shape index (κ3) is 2.50. The lowest BCUT2D eigenvalue weighted by atomic mass is 10.1. The largest absolute Gasteiger partial charge is 0.462 e. The summed E-state index contributed by atoms with van der Waals surface area (Å²) in [5.74, 6) is 0.356. The Bertz CT molecular complexity index is 599. The molecule has 2 aromatic heterocycles. The van der Waals surface area contributed by atoms with E-state index >= 15 is 0 Å². The molecule has 0 aromatic carbocycles. The average Bonchev–Trinajstić information content (AvgIpc) is 3.06. The van der Waals surface area contributed by atoms with Crippen LogP contribution in [-0.2, 0) is 7.05 Å². The van der Waals surface area contributed by atoms with Crippen LogP contribution in [0.15, 0.2) is 12.3 Å². The molecule has 1 atom stereocenters. The van der Waals surface area contributed by atoms with E-state index in [-0.39, 0.29) is 0 Å². The normalized spacial score (nSPS) is 19.1. The highest BCUT2D eigenvalue weighted by molar-refractivity contribution is 5.79. The van der Waals surface area contributed by atoms with Gasteiger partial charge in [0.15, 0.2) is 0 Å². The SMILES string of the molecule is CC(C)c1nc(OCC2CCCN2)nc2c1ccn2C. The van der Waals surface area contributed by atoms with Crippen LogP contribution in [0.4, 0.5) is 0 Å². The maximum absolute atomic E-state index is 5.82. The van der Waals surface area contributed by atoms with Crippen LogP contribution in [0.5, 0.6) is 6.01 Å². The molecule has 0 spiro atoms. The molecule has 3 rings (SSSR count). The first-order valence-corrected chi connectivity index (χ1v) is 7.34. The van der Waals surface area contributed by atoms with Crippen molar-refractivity contribution in [3.8, 4) is 6.01 Å². The number of rotatable bonds is 4. The molecular formula is C15H22N4O. The van der Waals surface area contributed by atoms with Crippen molar-refractivity contribution >= 4 is 11.0 Å². The second-order valence-corrected chi connectivity index (χ2v) is 5.81. The summed E-state index contributed by atoms with van der Waals surface area (Å²) >= 11 is 0. The van der Waals surface area contributed by atoms with Crippen LogP contribution < -0.4 is 10.1 Å². The van der Waals surface area contributed by atoms with Crippen LogP contribution in [0.3, 0.4) is 0 Å². The van der Waals surface area contributed by atoms with Crippen molar-refractivity contribution in [1.29, 1.82) is 0 Å². The van der Waals surface area contributed by atoms with Crippen molar-refractivity contribution < 1.29 is 4.74 Å². The monoisotopic (exact) mass is 274 g/mol. The molecule has 1 aliphatic rings. The van der Waals surface area contributed by atoms with E-state index in [1.807, 2.05) is 17.8 Å². The van der Waals surface area contributed by atoms with E-state index in [4.69, 9.17) is 4.74 Å². The predicted octanol–water partition coefficient (Wildman–Crippen LogP) is 2.22. The van der Waals surface area contributed by atoms with Gasteiger partial charge in [0.05, 0.1) is 5.69 Å². The zero-order valence-corrected chi connectivity index (χ0v) is 12.4. The van der Waals surface area contributed by atoms with E-state index in [0.29, 0.717) is 24.6 Å². The first kappa shape index (κ1) is 13.4. The lowest BCUT2D eigenvalue weighted by Gasteiger charge is -2.13. The first-order valence-electron chi connectivity index (χ1n) is 7.34. The van der Waals surface area contributed by atoms with Crippen LogP contribution in [0.2, 0.25) is 0 Å². The molecule has 0 amide bonds. The molecule has 1 aliphatic heterocycles. The van der Waals surface area contributed by atoms with Gasteiger partial charge in [-0.05, 0) is 31.4 Å². The van der Waals surface area contributed by atoms with Gasteiger partial charge in [-0.2, -0.15) is 9.97 Å². The van der Waals surface area contributed by atoms with Gasteiger partial charge in [-0.3, -0.25) is 0 Å². The molecule has 1 unspecified atom stereocenters. The van der Waals surface area contributed by atoms with E-state index < -0.39 is 0 Å². The topological polar surface area (TPSA) is 52.0 Å². The average molecular weight is 274 g/mol. The zero-order valence-electron chi connectivity index (χ0n) is 12.4. The van der Waals surface area contributed by atoms with Gasteiger partial charge in [-0.15, -0.1) is 0 Å². The first-order chi connectivity index (χ1) is 9.65. The number of aryl methyl sites for hydroxylation is 1. The summed E-state index contributed by atoms with van der Waals surface area (Å²) in [6.45, 7) is 6.03. The fraction of sp³-hybridized carbons (Fsp3) is 0.600. The Morgan fingerprint density at radius 2 is 2.30 bits per heavy atom. The summed E-state index contributed by atoms with van der Waals surface area (Å²) in [4.78, 5) is 9.14. The fourth-order valence-electron chi connectivity index (χ4n) is 2.72. The molecule has 0 aliphatic carbocycles. The van der Waals surface area contributed by atoms with Crippen molar-refractivity contribution in [1.82, 2.24) is 19.9 Å². The molecule has 0 saturated carbocycles. The minimum absolute atomic E-state index is 0.356. The van der Waals surface area contributed by atoms with Crippen molar-refractivity contribution in [2.45, 2.75) is 38.6 Å². The van der Waals surface area contributed by atoms with Crippen LogP contribution >= 0.6 is 0 Å². The van der Waals surface area contributed by atoms with E-state index in [9.17, 15) is 0 Å². The Balaban J connectivity index is 1.88. The predicted molar refractivity (Wildman–Crippen MR) is 79.1 cm³/mol. The van der Waals surface area contributed by atoms with Crippen LogP contribution in [0, 0.1) is 0 Å². The molecule has 5 heteroatoms. The number of nitrogens with one attached hydrogen (secondary N) is 1. The fourth-order valence-corrected chi connectivity index (χ4v) is 2.72. The van der Waals surface area contributed by atoms with Gasteiger partial charge >= 0.3 is 6.01 Å². The third-order valence-electron chi connectivity index (χ3n) is 3.86. The van der Waals surface area contributed by atoms with Crippen LogP contribution in [0.25, 0.3) is 11.0 Å². The van der Waals surface area contributed by atoms with Gasteiger partial charge in [0, 0.05) is 24.7 Å². The maximum atomic E-state index is 5.82. The number of hydrogen-bond acceptors (Lipinski definition) is 4. The number of ether oxygens (including phenoxy) is 1. The molecule has 1 fully saturated rings. The van der Waals surface area contributed by atoms with Crippen LogP contribution in [-0.4, -0.2) is 33.7 Å². The summed E-state index contributed by atoms with van der Waals surface area (Å²) < 4.78 is 7.83. The van der Waals surface area contributed by atoms with Gasteiger partial charge < -0.3 is 14.6 Å². The smallest absolute Gasteiger partial charge is 0.318 e. The molecule has 0 radical (unpaired) electrons. The highest BCUT2D eigenvalue weighted by Gasteiger charge is 2.17. The highest BCUT2D eigenvalue weighted by Crippen LogP contribution is 2.25. The quantitative estimate of drug-likeness (QED) is 0.929. The Kier molecular flexibility index (Phi) is 3.61. The van der Waals surface area contributed by atoms with Crippen molar-refractivity contribution in [3.05, 3.63) is 18.0 Å². The lowest BCUT2D eigenvalue weighted by Crippen LogP contribution is -2.28. The summed E-state index contributed by atoms with van der Waals surface area (Å²) in [5.41, 5.74) is 2.00. The van der Waals surface area contributed by atoms with Crippen molar-refractivity contribution in [3.63, 3.8) is 0 Å². The zero-order chi connectivity index (χ0) is 14.1. The van der Waals surface area contributed by atoms with Crippen LogP contribution in [0.1, 0.15) is 38.3 Å². The van der Waals surface area contributed by atoms with Crippen molar-refractivity contribution in [2.75, 3.05) is 13.2 Å². The molecular weight excluding hydrogens is 252 g/mol. The van der Waals surface area contributed by atoms with Gasteiger partial charge in [-0.25, -0.2) is 0 Å². The second-order valence-electron chi connectivity index (χ2n) is 5.81. The minimum Gasteiger partial charge on any atom is -0.462 e. The van der Waals surface area contributed by atoms with E-state index in [1.165, 1.54) is 12.8 Å². The maximum Gasteiger partial charge on any atom is 0.318 e. The van der Waals surface area contributed by atoms with E-state index in [1.54, 1.807) is 0 Å². The molecule has 2 aromatic rings. The van der Waals surface area contributed by atoms with Gasteiger partial charge in [-0.1, -0.05) is 13.8 Å². The molecule has 1 saturated heterocycles. The Morgan fingerprint density at radius 1 is 1.45 bits per heavy atom. The van der Waals surface area contributed by atoms with E-state index in [0.717, 1.165) is 23.3 Å². The molecule has 0 bridgehead atoms. The summed E-state index contributed by atoms with van der Waals surface area (Å²) in [6.07, 6.45) is 4.42.